The molecule has 2 aromatic heterocycles. The lowest BCUT2D eigenvalue weighted by atomic mass is 9.99. The molecule has 0 amide bonds. The van der Waals surface area contributed by atoms with Crippen LogP contribution in [0.1, 0.15) is 25.5 Å². The second-order valence-electron chi connectivity index (χ2n) is 5.50. The molecule has 0 aliphatic carbocycles. The van der Waals surface area contributed by atoms with Crippen molar-refractivity contribution in [3.8, 4) is 23.5 Å². The van der Waals surface area contributed by atoms with Crippen molar-refractivity contribution in [3.05, 3.63) is 46.3 Å². The quantitative estimate of drug-likeness (QED) is 0.585. The molecule has 7 heteroatoms. The largest absolute Gasteiger partial charge is 0.350 e. The van der Waals surface area contributed by atoms with E-state index in [4.69, 9.17) is 6.42 Å². The van der Waals surface area contributed by atoms with Gasteiger partial charge < -0.3 is 0 Å². The molecular weight excluding hydrogens is 327 g/mol. The van der Waals surface area contributed by atoms with E-state index in [1.54, 1.807) is 12.1 Å². The van der Waals surface area contributed by atoms with Crippen LogP contribution in [-0.4, -0.2) is 25.3 Å². The Morgan fingerprint density at radius 1 is 1.38 bits per heavy atom. The lowest BCUT2D eigenvalue weighted by Crippen LogP contribution is -2.19. The molecule has 3 aromatic rings. The zero-order valence-electron chi connectivity index (χ0n) is 13.2. The molecule has 5 nitrogen and oxygen atoms in total. The molecule has 24 heavy (non-hydrogen) atoms. The van der Waals surface area contributed by atoms with Crippen molar-refractivity contribution in [2.24, 2.45) is 0 Å². The van der Waals surface area contributed by atoms with E-state index in [1.165, 1.54) is 28.4 Å². The number of aromatic amines is 1. The van der Waals surface area contributed by atoms with Crippen molar-refractivity contribution >= 4 is 17.4 Å². The van der Waals surface area contributed by atoms with Crippen LogP contribution in [0.4, 0.5) is 4.39 Å². The number of halogens is 1. The molecule has 1 N–H and O–H groups in total. The average molecular weight is 342 g/mol. The van der Waals surface area contributed by atoms with Gasteiger partial charge in [0.1, 0.15) is 5.82 Å². The number of benzene rings is 1. The van der Waals surface area contributed by atoms with Crippen molar-refractivity contribution in [1.29, 1.82) is 0 Å². The summed E-state index contributed by atoms with van der Waals surface area (Å²) in [4.78, 5) is 19.5. The molecule has 0 unspecified atom stereocenters. The van der Waals surface area contributed by atoms with Crippen molar-refractivity contribution in [1.82, 2.24) is 19.6 Å². The lowest BCUT2D eigenvalue weighted by Gasteiger charge is -2.06. The van der Waals surface area contributed by atoms with Crippen LogP contribution in [0.25, 0.3) is 16.8 Å². The molecule has 0 spiro atoms. The summed E-state index contributed by atoms with van der Waals surface area (Å²) in [5.41, 5.74) is 2.29. The van der Waals surface area contributed by atoms with Crippen LogP contribution in [0.3, 0.4) is 0 Å². The Morgan fingerprint density at radius 3 is 2.71 bits per heavy atom. The number of terminal acetylenes is 1. The van der Waals surface area contributed by atoms with Crippen LogP contribution in [0.2, 0.25) is 0 Å². The van der Waals surface area contributed by atoms with Gasteiger partial charge in [0.05, 0.1) is 17.0 Å². The molecule has 1 aromatic carbocycles. The summed E-state index contributed by atoms with van der Waals surface area (Å²) in [6.45, 7) is 3.97. The predicted molar refractivity (Wildman–Crippen MR) is 92.6 cm³/mol. The maximum absolute atomic E-state index is 13.3. The zero-order valence-corrected chi connectivity index (χ0v) is 14.0. The van der Waals surface area contributed by atoms with E-state index in [0.29, 0.717) is 16.6 Å². The van der Waals surface area contributed by atoms with Crippen molar-refractivity contribution in [2.45, 2.75) is 24.9 Å². The third-order valence-electron chi connectivity index (χ3n) is 3.47. The highest BCUT2D eigenvalue weighted by molar-refractivity contribution is 7.99. The summed E-state index contributed by atoms with van der Waals surface area (Å²) >= 11 is 1.27. The number of nitrogens with zero attached hydrogens (tertiary/aromatic N) is 3. The van der Waals surface area contributed by atoms with Crippen LogP contribution in [0.5, 0.6) is 0 Å². The molecular formula is C17H15FN4OS. The van der Waals surface area contributed by atoms with Gasteiger partial charge in [0.2, 0.25) is 0 Å². The summed E-state index contributed by atoms with van der Waals surface area (Å²) in [6, 6.07) is 6.08. The molecule has 122 valence electrons. The van der Waals surface area contributed by atoms with Gasteiger partial charge in [-0.15, -0.1) is 6.42 Å². The fraction of sp³-hybridized carbons (Fsp3) is 0.235. The predicted octanol–water partition coefficient (Wildman–Crippen LogP) is 3.07. The van der Waals surface area contributed by atoms with Crippen molar-refractivity contribution < 1.29 is 4.39 Å². The fourth-order valence-electron chi connectivity index (χ4n) is 2.42. The smallest absolute Gasteiger partial charge is 0.285 e. The number of fused-ring (bicyclic) bond motifs is 1. The SMILES string of the molecule is C#CCSc1nc2c(-c3ccc(F)cc3)c(C(C)C)nn2c(=O)[nH]1. The molecule has 0 fully saturated rings. The summed E-state index contributed by atoms with van der Waals surface area (Å²) in [5.74, 6) is 2.65. The number of rotatable bonds is 4. The van der Waals surface area contributed by atoms with Gasteiger partial charge in [-0.3, -0.25) is 4.98 Å². The Hall–Kier alpha value is -2.59. The number of H-pyrrole nitrogens is 1. The monoisotopic (exact) mass is 342 g/mol. The van der Waals surface area contributed by atoms with Gasteiger partial charge in [-0.05, 0) is 23.6 Å². The molecule has 0 saturated carbocycles. The Balaban J connectivity index is 2.29. The van der Waals surface area contributed by atoms with Crippen LogP contribution in [-0.2, 0) is 0 Å². The zero-order chi connectivity index (χ0) is 17.3. The first-order valence-corrected chi connectivity index (χ1v) is 8.35. The molecule has 0 aliphatic rings. The van der Waals surface area contributed by atoms with E-state index in [0.717, 1.165) is 16.8 Å². The van der Waals surface area contributed by atoms with Crippen LogP contribution in [0.15, 0.2) is 34.2 Å². The minimum Gasteiger partial charge on any atom is -0.285 e. The standard InChI is InChI=1S/C17H15FN4OS/c1-4-9-24-16-19-15-13(11-5-7-12(18)8-6-11)14(10(2)3)21-22(15)17(23)20-16/h1,5-8,10H,9H2,2-3H3,(H,19,20,23). The Morgan fingerprint density at radius 2 is 2.08 bits per heavy atom. The van der Waals surface area contributed by atoms with Gasteiger partial charge in [-0.25, -0.2) is 14.2 Å². The second kappa shape index (κ2) is 6.49. The minimum atomic E-state index is -0.380. The Kier molecular flexibility index (Phi) is 4.40. The highest BCUT2D eigenvalue weighted by Crippen LogP contribution is 2.31. The summed E-state index contributed by atoms with van der Waals surface area (Å²) in [5, 5.41) is 4.83. The molecule has 3 rings (SSSR count). The molecule has 0 aliphatic heterocycles. The van der Waals surface area contributed by atoms with Gasteiger partial charge in [-0.2, -0.15) is 9.61 Å². The second-order valence-corrected chi connectivity index (χ2v) is 6.46. The molecule has 0 bridgehead atoms. The number of nitrogens with one attached hydrogen (secondary N) is 1. The maximum Gasteiger partial charge on any atom is 0.350 e. The lowest BCUT2D eigenvalue weighted by molar-refractivity contribution is 0.628. The minimum absolute atomic E-state index is 0.0768. The highest BCUT2D eigenvalue weighted by Gasteiger charge is 2.20. The van der Waals surface area contributed by atoms with Gasteiger partial charge in [-0.1, -0.05) is 43.7 Å². The maximum atomic E-state index is 13.3. The van der Waals surface area contributed by atoms with Gasteiger partial charge in [0, 0.05) is 0 Å². The first-order valence-electron chi connectivity index (χ1n) is 7.36. The van der Waals surface area contributed by atoms with E-state index in [2.05, 4.69) is 21.0 Å². The topological polar surface area (TPSA) is 63.1 Å². The van der Waals surface area contributed by atoms with Crippen LogP contribution < -0.4 is 5.69 Å². The van der Waals surface area contributed by atoms with E-state index >= 15 is 0 Å². The van der Waals surface area contributed by atoms with E-state index in [9.17, 15) is 9.18 Å². The summed E-state index contributed by atoms with van der Waals surface area (Å²) < 4.78 is 14.5. The van der Waals surface area contributed by atoms with Crippen LogP contribution in [0, 0.1) is 18.2 Å². The Bertz CT molecular complexity index is 983. The average Bonchev–Trinajstić information content (AvgIpc) is 2.94. The van der Waals surface area contributed by atoms with Crippen LogP contribution >= 0.6 is 11.8 Å². The summed E-state index contributed by atoms with van der Waals surface area (Å²) in [6.07, 6.45) is 5.26. The van der Waals surface area contributed by atoms with E-state index in [-0.39, 0.29) is 17.4 Å². The molecule has 0 saturated heterocycles. The Labute approximate surface area is 142 Å². The van der Waals surface area contributed by atoms with Crippen molar-refractivity contribution in [2.75, 3.05) is 5.75 Å². The molecule has 0 radical (unpaired) electrons. The third kappa shape index (κ3) is 2.93. The third-order valence-corrected chi connectivity index (χ3v) is 4.25. The first kappa shape index (κ1) is 16.3. The van der Waals surface area contributed by atoms with Gasteiger partial charge >= 0.3 is 5.69 Å². The number of hydrogen-bond acceptors (Lipinski definition) is 4. The number of aromatic nitrogens is 4. The van der Waals surface area contributed by atoms with Gasteiger partial charge in [0.25, 0.3) is 0 Å². The number of thioether (sulfide) groups is 1. The normalized spacial score (nSPS) is 11.1. The fourth-order valence-corrected chi connectivity index (χ4v) is 2.95. The first-order chi connectivity index (χ1) is 11.5. The van der Waals surface area contributed by atoms with E-state index < -0.39 is 0 Å². The van der Waals surface area contributed by atoms with Crippen molar-refractivity contribution in [3.63, 3.8) is 0 Å². The summed E-state index contributed by atoms with van der Waals surface area (Å²) in [7, 11) is 0. The molecule has 2 heterocycles. The molecule has 0 atom stereocenters. The van der Waals surface area contributed by atoms with Gasteiger partial charge in [0.15, 0.2) is 10.8 Å². The highest BCUT2D eigenvalue weighted by atomic mass is 32.2. The van der Waals surface area contributed by atoms with E-state index in [1.807, 2.05) is 13.8 Å². The number of hydrogen-bond donors (Lipinski definition) is 1.